The molecule has 0 radical (unpaired) electrons. The van der Waals surface area contributed by atoms with Crippen molar-refractivity contribution in [3.8, 4) is 0 Å². The van der Waals surface area contributed by atoms with E-state index in [1.54, 1.807) is 13.1 Å². The van der Waals surface area contributed by atoms with Gasteiger partial charge < -0.3 is 15.5 Å². The summed E-state index contributed by atoms with van der Waals surface area (Å²) in [7, 11) is 5.61. The predicted molar refractivity (Wildman–Crippen MR) is 97.6 cm³/mol. The first-order chi connectivity index (χ1) is 11.9. The minimum absolute atomic E-state index is 0.122. The van der Waals surface area contributed by atoms with Crippen molar-refractivity contribution in [1.29, 1.82) is 0 Å². The lowest BCUT2D eigenvalue weighted by molar-refractivity contribution is -0.384. The van der Waals surface area contributed by atoms with Gasteiger partial charge in [0.05, 0.1) is 4.92 Å². The van der Waals surface area contributed by atoms with Crippen molar-refractivity contribution in [2.75, 3.05) is 26.5 Å². The molecule has 0 unspecified atom stereocenters. The lowest BCUT2D eigenvalue weighted by Crippen LogP contribution is -2.23. The third kappa shape index (κ3) is 5.02. The number of benzene rings is 2. The quantitative estimate of drug-likeness (QED) is 0.596. The summed E-state index contributed by atoms with van der Waals surface area (Å²) in [5.74, 6) is -0.344. The van der Waals surface area contributed by atoms with E-state index in [1.165, 1.54) is 17.7 Å². The van der Waals surface area contributed by atoms with Crippen LogP contribution in [0.25, 0.3) is 0 Å². The number of amides is 1. The van der Waals surface area contributed by atoms with E-state index < -0.39 is 4.92 Å². The van der Waals surface area contributed by atoms with Crippen molar-refractivity contribution >= 4 is 17.3 Å². The van der Waals surface area contributed by atoms with Gasteiger partial charge in [0.1, 0.15) is 5.69 Å². The summed E-state index contributed by atoms with van der Waals surface area (Å²) in [5, 5.41) is 16.6. The molecule has 7 heteroatoms. The maximum absolute atomic E-state index is 12.2. The summed E-state index contributed by atoms with van der Waals surface area (Å²) in [5.41, 5.74) is 2.67. The molecule has 2 aromatic rings. The number of nitro benzene ring substituents is 1. The van der Waals surface area contributed by atoms with Crippen molar-refractivity contribution in [2.24, 2.45) is 0 Å². The highest BCUT2D eigenvalue weighted by atomic mass is 16.6. The van der Waals surface area contributed by atoms with Gasteiger partial charge in [-0.2, -0.15) is 0 Å². The van der Waals surface area contributed by atoms with Crippen LogP contribution in [0.3, 0.4) is 0 Å². The number of carbonyl (C=O) groups excluding carboxylic acids is 1. The molecule has 0 saturated carbocycles. The van der Waals surface area contributed by atoms with Crippen LogP contribution >= 0.6 is 0 Å². The highest BCUT2D eigenvalue weighted by Crippen LogP contribution is 2.25. The lowest BCUT2D eigenvalue weighted by Gasteiger charge is -2.11. The molecule has 0 saturated heterocycles. The van der Waals surface area contributed by atoms with Gasteiger partial charge in [0.2, 0.25) is 0 Å². The zero-order valence-corrected chi connectivity index (χ0v) is 14.6. The summed E-state index contributed by atoms with van der Waals surface area (Å²) in [6.07, 6.45) is 0. The first-order valence-electron chi connectivity index (χ1n) is 7.87. The Hall–Kier alpha value is -2.93. The molecular weight excluding hydrogens is 320 g/mol. The van der Waals surface area contributed by atoms with Gasteiger partial charge in [-0.3, -0.25) is 14.9 Å². The minimum Gasteiger partial charge on any atom is -0.383 e. The largest absolute Gasteiger partial charge is 0.383 e. The van der Waals surface area contributed by atoms with Crippen LogP contribution in [0, 0.1) is 10.1 Å². The normalized spacial score (nSPS) is 10.6. The molecule has 25 heavy (non-hydrogen) atoms. The van der Waals surface area contributed by atoms with Gasteiger partial charge in [0.15, 0.2) is 0 Å². The second-order valence-corrected chi connectivity index (χ2v) is 5.98. The Morgan fingerprint density at radius 3 is 2.32 bits per heavy atom. The van der Waals surface area contributed by atoms with Crippen molar-refractivity contribution in [1.82, 2.24) is 10.2 Å². The number of nitrogens with zero attached hydrogens (tertiary/aromatic N) is 2. The van der Waals surface area contributed by atoms with Gasteiger partial charge in [-0.15, -0.1) is 0 Å². The molecule has 0 bridgehead atoms. The van der Waals surface area contributed by atoms with E-state index in [0.717, 1.165) is 12.1 Å². The summed E-state index contributed by atoms with van der Waals surface area (Å²) in [6, 6.07) is 12.3. The number of anilines is 1. The van der Waals surface area contributed by atoms with Gasteiger partial charge in [-0.1, -0.05) is 24.3 Å². The third-order valence-electron chi connectivity index (χ3n) is 3.70. The molecule has 1 amide bonds. The second-order valence-electron chi connectivity index (χ2n) is 5.98. The summed E-state index contributed by atoms with van der Waals surface area (Å²) >= 11 is 0. The smallest absolute Gasteiger partial charge is 0.293 e. The van der Waals surface area contributed by atoms with Crippen molar-refractivity contribution < 1.29 is 9.72 Å². The van der Waals surface area contributed by atoms with Gasteiger partial charge >= 0.3 is 0 Å². The van der Waals surface area contributed by atoms with E-state index in [0.29, 0.717) is 12.2 Å². The van der Waals surface area contributed by atoms with E-state index in [-0.39, 0.29) is 17.2 Å². The maximum atomic E-state index is 12.2. The molecule has 7 nitrogen and oxygen atoms in total. The van der Waals surface area contributed by atoms with Crippen LogP contribution in [0.4, 0.5) is 11.4 Å². The molecule has 0 spiro atoms. The Balaban J connectivity index is 2.02. The highest BCUT2D eigenvalue weighted by molar-refractivity contribution is 5.95. The molecule has 0 heterocycles. The Morgan fingerprint density at radius 2 is 1.76 bits per heavy atom. The van der Waals surface area contributed by atoms with Gasteiger partial charge in [-0.05, 0) is 37.4 Å². The van der Waals surface area contributed by atoms with Crippen LogP contribution in [0.15, 0.2) is 42.5 Å². The fraction of sp³-hybridized carbons (Fsp3) is 0.278. The predicted octanol–water partition coefficient (Wildman–Crippen LogP) is 2.63. The van der Waals surface area contributed by atoms with E-state index in [9.17, 15) is 14.9 Å². The Morgan fingerprint density at radius 1 is 1.12 bits per heavy atom. The topological polar surface area (TPSA) is 87.5 Å². The molecule has 0 aliphatic rings. The molecule has 0 aromatic heterocycles. The monoisotopic (exact) mass is 342 g/mol. The van der Waals surface area contributed by atoms with Crippen molar-refractivity contribution in [3.63, 3.8) is 0 Å². The minimum atomic E-state index is -0.508. The highest BCUT2D eigenvalue weighted by Gasteiger charge is 2.16. The van der Waals surface area contributed by atoms with Crippen LogP contribution in [0.1, 0.15) is 21.5 Å². The molecular formula is C18H22N4O3. The third-order valence-corrected chi connectivity index (χ3v) is 3.70. The molecule has 0 atom stereocenters. The first kappa shape index (κ1) is 18.4. The number of hydrogen-bond donors (Lipinski definition) is 2. The number of hydrogen-bond acceptors (Lipinski definition) is 5. The zero-order chi connectivity index (χ0) is 18.4. The van der Waals surface area contributed by atoms with Crippen LogP contribution in [-0.4, -0.2) is 36.9 Å². The Kier molecular flexibility index (Phi) is 6.08. The molecule has 0 aliphatic carbocycles. The Labute approximate surface area is 146 Å². The molecule has 2 aromatic carbocycles. The van der Waals surface area contributed by atoms with Gasteiger partial charge in [0.25, 0.3) is 11.6 Å². The summed E-state index contributed by atoms with van der Waals surface area (Å²) in [4.78, 5) is 24.9. The zero-order valence-electron chi connectivity index (χ0n) is 14.6. The fourth-order valence-corrected chi connectivity index (χ4v) is 2.45. The Bertz CT molecular complexity index is 757. The van der Waals surface area contributed by atoms with Gasteiger partial charge in [-0.25, -0.2) is 0 Å². The standard InChI is InChI=1S/C18H22N4O3/c1-19-16-9-8-15(10-17(16)22(24)25)18(23)20-11-13-4-6-14(7-5-13)12-21(2)3/h4-10,19H,11-12H2,1-3H3,(H,20,23). The molecule has 2 rings (SSSR count). The fourth-order valence-electron chi connectivity index (χ4n) is 2.45. The summed E-state index contributed by atoms with van der Waals surface area (Å²) in [6.45, 7) is 1.22. The van der Waals surface area contributed by atoms with Crippen molar-refractivity contribution in [2.45, 2.75) is 13.1 Å². The first-order valence-corrected chi connectivity index (χ1v) is 7.87. The summed E-state index contributed by atoms with van der Waals surface area (Å²) < 4.78 is 0. The van der Waals surface area contributed by atoms with Gasteiger partial charge in [0, 0.05) is 31.8 Å². The average Bonchev–Trinajstić information content (AvgIpc) is 2.59. The van der Waals surface area contributed by atoms with E-state index >= 15 is 0 Å². The van der Waals surface area contributed by atoms with Crippen LogP contribution < -0.4 is 10.6 Å². The molecule has 0 aliphatic heterocycles. The van der Waals surface area contributed by atoms with E-state index in [1.807, 2.05) is 38.4 Å². The molecule has 0 fully saturated rings. The number of rotatable bonds is 7. The van der Waals surface area contributed by atoms with E-state index in [4.69, 9.17) is 0 Å². The lowest BCUT2D eigenvalue weighted by atomic mass is 10.1. The van der Waals surface area contributed by atoms with Crippen molar-refractivity contribution in [3.05, 3.63) is 69.3 Å². The number of carbonyl (C=O) groups is 1. The van der Waals surface area contributed by atoms with Crippen LogP contribution in [0.5, 0.6) is 0 Å². The molecule has 132 valence electrons. The average molecular weight is 342 g/mol. The molecule has 2 N–H and O–H groups in total. The number of nitro groups is 1. The van der Waals surface area contributed by atoms with Crippen LogP contribution in [-0.2, 0) is 13.1 Å². The van der Waals surface area contributed by atoms with Crippen LogP contribution in [0.2, 0.25) is 0 Å². The van der Waals surface area contributed by atoms with E-state index in [2.05, 4.69) is 15.5 Å². The maximum Gasteiger partial charge on any atom is 0.293 e. The SMILES string of the molecule is CNc1ccc(C(=O)NCc2ccc(CN(C)C)cc2)cc1[N+](=O)[O-]. The second kappa shape index (κ2) is 8.25. The number of nitrogens with one attached hydrogen (secondary N) is 2.